The van der Waals surface area contributed by atoms with Gasteiger partial charge in [0.05, 0.1) is 5.56 Å². The van der Waals surface area contributed by atoms with E-state index >= 15 is 0 Å². The number of nitrogen functional groups attached to an aromatic ring is 1. The molecule has 1 aromatic carbocycles. The van der Waals surface area contributed by atoms with Crippen molar-refractivity contribution in [3.63, 3.8) is 0 Å². The van der Waals surface area contributed by atoms with Crippen molar-refractivity contribution >= 4 is 33.4 Å². The molecule has 0 aliphatic heterocycles. The van der Waals surface area contributed by atoms with Crippen molar-refractivity contribution in [1.82, 2.24) is 10.6 Å². The number of carbonyl (C=O) groups is 2. The van der Waals surface area contributed by atoms with Crippen molar-refractivity contribution in [2.24, 2.45) is 0 Å². The standard InChI is InChI=1S/C14H20BrN3O2/c1-8(12(19)18-14(2,3)4)17-13(20)10-6-5-9(15)7-11(10)16/h5-8H,16H2,1-4H3,(H,17,20)(H,18,19). The van der Waals surface area contributed by atoms with Crippen molar-refractivity contribution in [2.45, 2.75) is 39.3 Å². The van der Waals surface area contributed by atoms with Crippen LogP contribution in [0.1, 0.15) is 38.1 Å². The average molecular weight is 342 g/mol. The Labute approximate surface area is 127 Å². The van der Waals surface area contributed by atoms with Gasteiger partial charge < -0.3 is 16.4 Å². The molecule has 0 saturated carbocycles. The minimum Gasteiger partial charge on any atom is -0.398 e. The summed E-state index contributed by atoms with van der Waals surface area (Å²) < 4.78 is 0.796. The van der Waals surface area contributed by atoms with Gasteiger partial charge in [-0.05, 0) is 45.9 Å². The van der Waals surface area contributed by atoms with Gasteiger partial charge in [0.15, 0.2) is 0 Å². The number of benzene rings is 1. The minimum absolute atomic E-state index is 0.235. The minimum atomic E-state index is -0.634. The first kappa shape index (κ1) is 16.5. The van der Waals surface area contributed by atoms with Crippen LogP contribution >= 0.6 is 15.9 Å². The van der Waals surface area contributed by atoms with Crippen LogP contribution in [-0.4, -0.2) is 23.4 Å². The highest BCUT2D eigenvalue weighted by Gasteiger charge is 2.21. The molecule has 1 rings (SSSR count). The van der Waals surface area contributed by atoms with Gasteiger partial charge in [0.2, 0.25) is 5.91 Å². The first-order chi connectivity index (χ1) is 9.10. The zero-order valence-electron chi connectivity index (χ0n) is 12.1. The van der Waals surface area contributed by atoms with Gasteiger partial charge in [0.1, 0.15) is 6.04 Å². The lowest BCUT2D eigenvalue weighted by atomic mass is 10.1. The molecule has 0 aromatic heterocycles. The molecule has 0 aliphatic carbocycles. The third kappa shape index (κ3) is 4.85. The fraction of sp³-hybridized carbons (Fsp3) is 0.429. The van der Waals surface area contributed by atoms with Crippen molar-refractivity contribution in [1.29, 1.82) is 0 Å². The number of nitrogens with one attached hydrogen (secondary N) is 2. The molecule has 2 amide bonds. The largest absolute Gasteiger partial charge is 0.398 e. The zero-order valence-corrected chi connectivity index (χ0v) is 13.7. The molecule has 0 bridgehead atoms. The molecule has 1 aromatic rings. The summed E-state index contributed by atoms with van der Waals surface area (Å²) in [6, 6.07) is 4.35. The molecule has 4 N–H and O–H groups in total. The molecule has 20 heavy (non-hydrogen) atoms. The molecule has 0 heterocycles. The molecule has 0 fully saturated rings. The predicted molar refractivity (Wildman–Crippen MR) is 83.4 cm³/mol. The van der Waals surface area contributed by atoms with Crippen LogP contribution in [0.3, 0.4) is 0 Å². The molecule has 110 valence electrons. The highest BCUT2D eigenvalue weighted by Crippen LogP contribution is 2.18. The second kappa shape index (κ2) is 6.26. The summed E-state index contributed by atoms with van der Waals surface area (Å²) >= 11 is 3.28. The zero-order chi connectivity index (χ0) is 15.5. The van der Waals surface area contributed by atoms with Crippen molar-refractivity contribution in [2.75, 3.05) is 5.73 Å². The third-order valence-corrected chi connectivity index (χ3v) is 2.99. The highest BCUT2D eigenvalue weighted by molar-refractivity contribution is 9.10. The van der Waals surface area contributed by atoms with Crippen molar-refractivity contribution in [3.8, 4) is 0 Å². The number of carbonyl (C=O) groups excluding carboxylic acids is 2. The topological polar surface area (TPSA) is 84.2 Å². The van der Waals surface area contributed by atoms with E-state index in [-0.39, 0.29) is 17.4 Å². The van der Waals surface area contributed by atoms with Crippen LogP contribution in [0.5, 0.6) is 0 Å². The molecule has 0 radical (unpaired) electrons. The fourth-order valence-corrected chi connectivity index (χ4v) is 1.94. The monoisotopic (exact) mass is 341 g/mol. The van der Waals surface area contributed by atoms with E-state index in [1.807, 2.05) is 20.8 Å². The van der Waals surface area contributed by atoms with E-state index in [9.17, 15) is 9.59 Å². The van der Waals surface area contributed by atoms with Crippen molar-refractivity contribution in [3.05, 3.63) is 28.2 Å². The summed E-state index contributed by atoms with van der Waals surface area (Å²) in [7, 11) is 0. The second-order valence-electron chi connectivity index (χ2n) is 5.67. The molecule has 0 aliphatic rings. The molecule has 1 unspecified atom stereocenters. The maximum atomic E-state index is 12.1. The van der Waals surface area contributed by atoms with E-state index in [1.165, 1.54) is 0 Å². The number of hydrogen-bond donors (Lipinski definition) is 3. The van der Waals surface area contributed by atoms with Gasteiger partial charge in [-0.3, -0.25) is 9.59 Å². The van der Waals surface area contributed by atoms with Crippen molar-refractivity contribution < 1.29 is 9.59 Å². The Morgan fingerprint density at radius 3 is 2.40 bits per heavy atom. The van der Waals surface area contributed by atoms with E-state index in [0.29, 0.717) is 11.3 Å². The molecule has 6 heteroatoms. The first-order valence-corrected chi connectivity index (χ1v) is 7.07. The number of rotatable bonds is 3. The molecule has 0 spiro atoms. The molecule has 1 atom stereocenters. The first-order valence-electron chi connectivity index (χ1n) is 6.28. The van der Waals surface area contributed by atoms with Crippen LogP contribution in [0.15, 0.2) is 22.7 Å². The summed E-state index contributed by atoms with van der Waals surface area (Å²) in [5.41, 5.74) is 6.16. The fourth-order valence-electron chi connectivity index (χ4n) is 1.56. The van der Waals surface area contributed by atoms with E-state index in [0.717, 1.165) is 4.47 Å². The van der Waals surface area contributed by atoms with E-state index < -0.39 is 6.04 Å². The van der Waals surface area contributed by atoms with Crippen LogP contribution in [0.4, 0.5) is 5.69 Å². The van der Waals surface area contributed by atoms with Crippen LogP contribution in [0, 0.1) is 0 Å². The summed E-state index contributed by atoms with van der Waals surface area (Å²) in [6.07, 6.45) is 0. The Bertz CT molecular complexity index is 524. The smallest absolute Gasteiger partial charge is 0.254 e. The lowest BCUT2D eigenvalue weighted by Crippen LogP contribution is -2.50. The predicted octanol–water partition coefficient (Wildman–Crippen LogP) is 2.06. The number of halogens is 1. The molecule has 5 nitrogen and oxygen atoms in total. The van der Waals surface area contributed by atoms with E-state index in [1.54, 1.807) is 25.1 Å². The van der Waals surface area contributed by atoms with Gasteiger partial charge in [-0.15, -0.1) is 0 Å². The Hall–Kier alpha value is -1.56. The van der Waals surface area contributed by atoms with E-state index in [2.05, 4.69) is 26.6 Å². The highest BCUT2D eigenvalue weighted by atomic mass is 79.9. The van der Waals surface area contributed by atoms with Crippen LogP contribution < -0.4 is 16.4 Å². The quantitative estimate of drug-likeness (QED) is 0.735. The van der Waals surface area contributed by atoms with Gasteiger partial charge in [-0.2, -0.15) is 0 Å². The maximum absolute atomic E-state index is 12.1. The summed E-state index contributed by atoms with van der Waals surface area (Å²) in [6.45, 7) is 7.28. The molecular weight excluding hydrogens is 322 g/mol. The Kier molecular flexibility index (Phi) is 5.16. The van der Waals surface area contributed by atoms with Crippen LogP contribution in [0.2, 0.25) is 0 Å². The lowest BCUT2D eigenvalue weighted by molar-refractivity contribution is -0.124. The maximum Gasteiger partial charge on any atom is 0.254 e. The summed E-state index contributed by atoms with van der Waals surface area (Å²) in [4.78, 5) is 24.0. The van der Waals surface area contributed by atoms with E-state index in [4.69, 9.17) is 5.73 Å². The number of anilines is 1. The van der Waals surface area contributed by atoms with Crippen LogP contribution in [0.25, 0.3) is 0 Å². The summed E-state index contributed by atoms with van der Waals surface area (Å²) in [5, 5.41) is 5.44. The van der Waals surface area contributed by atoms with Crippen LogP contribution in [-0.2, 0) is 4.79 Å². The van der Waals surface area contributed by atoms with Gasteiger partial charge in [0, 0.05) is 15.7 Å². The number of nitrogens with two attached hydrogens (primary N) is 1. The van der Waals surface area contributed by atoms with Gasteiger partial charge >= 0.3 is 0 Å². The average Bonchev–Trinajstić information content (AvgIpc) is 2.26. The van der Waals surface area contributed by atoms with Gasteiger partial charge in [-0.25, -0.2) is 0 Å². The van der Waals surface area contributed by atoms with Gasteiger partial charge in [0.25, 0.3) is 5.91 Å². The third-order valence-electron chi connectivity index (χ3n) is 2.50. The second-order valence-corrected chi connectivity index (χ2v) is 6.58. The molecular formula is C14H20BrN3O2. The summed E-state index contributed by atoms with van der Waals surface area (Å²) in [5.74, 6) is -0.604. The van der Waals surface area contributed by atoms with Gasteiger partial charge in [-0.1, -0.05) is 15.9 Å². The molecule has 0 saturated heterocycles. The number of hydrogen-bond acceptors (Lipinski definition) is 3. The Balaban J connectivity index is 2.73. The lowest BCUT2D eigenvalue weighted by Gasteiger charge is -2.23. The Morgan fingerprint density at radius 1 is 1.30 bits per heavy atom. The normalized spacial score (nSPS) is 12.7. The SMILES string of the molecule is CC(NC(=O)c1ccc(Br)cc1N)C(=O)NC(C)(C)C. The Morgan fingerprint density at radius 2 is 1.90 bits per heavy atom. The number of amides is 2.